The van der Waals surface area contributed by atoms with E-state index in [-0.39, 0.29) is 4.90 Å². The molecule has 148 valence electrons. The van der Waals surface area contributed by atoms with Gasteiger partial charge in [-0.15, -0.1) is 10.2 Å². The predicted octanol–water partition coefficient (Wildman–Crippen LogP) is 3.48. The minimum atomic E-state index is -3.81. The molecule has 0 atom stereocenters. The number of hydrogen-bond donors (Lipinski definition) is 1. The van der Waals surface area contributed by atoms with Gasteiger partial charge in [-0.3, -0.25) is 4.72 Å². The van der Waals surface area contributed by atoms with Gasteiger partial charge in [0.1, 0.15) is 21.8 Å². The fourth-order valence-corrected chi connectivity index (χ4v) is 5.45. The molecule has 10 heteroatoms. The summed E-state index contributed by atoms with van der Waals surface area (Å²) >= 11 is 0.995. The first kappa shape index (κ1) is 18.2. The fraction of sp³-hybridized carbons (Fsp3) is 0.263. The Hall–Kier alpha value is -2.85. The highest BCUT2D eigenvalue weighted by molar-refractivity contribution is 7.93. The molecule has 0 aliphatic carbocycles. The highest BCUT2D eigenvalue weighted by Gasteiger charge is 2.21. The van der Waals surface area contributed by atoms with Crippen molar-refractivity contribution in [3.05, 3.63) is 48.3 Å². The van der Waals surface area contributed by atoms with Gasteiger partial charge in [0, 0.05) is 24.2 Å². The van der Waals surface area contributed by atoms with E-state index in [9.17, 15) is 8.42 Å². The number of fused-ring (bicyclic) bond motifs is 2. The molecule has 1 aliphatic rings. The standard InChI is InChI=1S/C19H18N6O2S2/c26-29(27,16-9-5-8-15-18(16)23-28-22-15)24-14-7-4-6-13(12-14)19-21-20-17-10-2-1-3-11-25(17)19/h4-9,12,24H,1-3,10-11H2. The lowest BCUT2D eigenvalue weighted by atomic mass is 10.2. The summed E-state index contributed by atoms with van der Waals surface area (Å²) in [5.41, 5.74) is 2.25. The van der Waals surface area contributed by atoms with Gasteiger partial charge in [-0.05, 0) is 37.1 Å². The van der Waals surface area contributed by atoms with E-state index in [1.165, 1.54) is 12.5 Å². The van der Waals surface area contributed by atoms with Gasteiger partial charge < -0.3 is 4.57 Å². The molecule has 0 saturated heterocycles. The maximum absolute atomic E-state index is 13.0. The van der Waals surface area contributed by atoms with Crippen molar-refractivity contribution in [2.45, 2.75) is 37.1 Å². The molecule has 29 heavy (non-hydrogen) atoms. The molecule has 0 unspecified atom stereocenters. The average Bonchev–Trinajstić information content (AvgIpc) is 3.29. The number of sulfonamides is 1. The topological polar surface area (TPSA) is 103 Å². The normalized spacial score (nSPS) is 14.5. The molecule has 2 aromatic heterocycles. The van der Waals surface area contributed by atoms with Gasteiger partial charge in [0.25, 0.3) is 10.0 Å². The van der Waals surface area contributed by atoms with E-state index in [1.807, 2.05) is 12.1 Å². The third kappa shape index (κ3) is 3.38. The summed E-state index contributed by atoms with van der Waals surface area (Å²) in [4.78, 5) is 0.116. The van der Waals surface area contributed by atoms with Crippen molar-refractivity contribution in [2.75, 3.05) is 4.72 Å². The van der Waals surface area contributed by atoms with Crippen LogP contribution in [0.4, 0.5) is 5.69 Å². The Morgan fingerprint density at radius 3 is 2.83 bits per heavy atom. The van der Waals surface area contributed by atoms with Crippen LogP contribution >= 0.6 is 11.7 Å². The Morgan fingerprint density at radius 2 is 1.90 bits per heavy atom. The summed E-state index contributed by atoms with van der Waals surface area (Å²) in [6.45, 7) is 0.881. The molecule has 1 N–H and O–H groups in total. The summed E-state index contributed by atoms with van der Waals surface area (Å²) < 4.78 is 39.0. The van der Waals surface area contributed by atoms with Crippen molar-refractivity contribution in [3.63, 3.8) is 0 Å². The van der Waals surface area contributed by atoms with Crippen LogP contribution < -0.4 is 4.72 Å². The number of hydrogen-bond acceptors (Lipinski definition) is 7. The highest BCUT2D eigenvalue weighted by atomic mass is 32.2. The maximum atomic E-state index is 13.0. The van der Waals surface area contributed by atoms with Gasteiger partial charge >= 0.3 is 0 Å². The van der Waals surface area contributed by atoms with Crippen molar-refractivity contribution >= 4 is 38.5 Å². The first-order valence-electron chi connectivity index (χ1n) is 9.38. The minimum absolute atomic E-state index is 0.116. The van der Waals surface area contributed by atoms with Crippen molar-refractivity contribution < 1.29 is 8.42 Å². The molecular formula is C19H18N6O2S2. The molecule has 0 radical (unpaired) electrons. The maximum Gasteiger partial charge on any atom is 0.264 e. The Kier molecular flexibility index (Phi) is 4.51. The summed E-state index contributed by atoms with van der Waals surface area (Å²) in [6.07, 6.45) is 4.32. The SMILES string of the molecule is O=S(=O)(Nc1cccc(-c2nnc3n2CCCCC3)c1)c1cccc2nsnc12. The zero-order valence-corrected chi connectivity index (χ0v) is 17.1. The van der Waals surface area contributed by atoms with Crippen molar-refractivity contribution in [3.8, 4) is 11.4 Å². The molecule has 0 amide bonds. The minimum Gasteiger partial charge on any atom is -0.311 e. The zero-order valence-electron chi connectivity index (χ0n) is 15.4. The largest absolute Gasteiger partial charge is 0.311 e. The Balaban J connectivity index is 1.49. The first-order valence-corrected chi connectivity index (χ1v) is 11.6. The molecule has 8 nitrogen and oxygen atoms in total. The Labute approximate surface area is 172 Å². The second-order valence-corrected chi connectivity index (χ2v) is 9.16. The number of nitrogens with zero attached hydrogens (tertiary/aromatic N) is 5. The summed E-state index contributed by atoms with van der Waals surface area (Å²) in [5, 5.41) is 8.69. The van der Waals surface area contributed by atoms with Gasteiger partial charge in [0.2, 0.25) is 0 Å². The number of rotatable bonds is 4. The predicted molar refractivity (Wildman–Crippen MR) is 111 cm³/mol. The molecule has 1 aliphatic heterocycles. The van der Waals surface area contributed by atoms with E-state index in [2.05, 4.69) is 28.2 Å². The number of aromatic nitrogens is 5. The number of nitrogens with one attached hydrogen (secondary N) is 1. The van der Waals surface area contributed by atoms with Crippen LogP contribution in [0.25, 0.3) is 22.4 Å². The van der Waals surface area contributed by atoms with Crippen LogP contribution in [0.1, 0.15) is 25.1 Å². The van der Waals surface area contributed by atoms with Crippen LogP contribution in [0.15, 0.2) is 47.4 Å². The number of benzene rings is 2. The first-order chi connectivity index (χ1) is 14.1. The lowest BCUT2D eigenvalue weighted by Crippen LogP contribution is -2.13. The molecule has 2 aromatic carbocycles. The molecule has 0 spiro atoms. The monoisotopic (exact) mass is 426 g/mol. The third-order valence-corrected chi connectivity index (χ3v) is 6.98. The molecular weight excluding hydrogens is 408 g/mol. The second-order valence-electron chi connectivity index (χ2n) is 6.98. The van der Waals surface area contributed by atoms with Crippen LogP contribution in [-0.2, 0) is 23.0 Å². The Morgan fingerprint density at radius 1 is 1.00 bits per heavy atom. The van der Waals surface area contributed by atoms with E-state index < -0.39 is 10.0 Å². The second kappa shape index (κ2) is 7.20. The molecule has 0 bridgehead atoms. The van der Waals surface area contributed by atoms with Gasteiger partial charge in [0.05, 0.1) is 11.7 Å². The molecule has 0 fully saturated rings. The summed E-state index contributed by atoms with van der Waals surface area (Å²) in [5.74, 6) is 1.76. The quantitative estimate of drug-likeness (QED) is 0.536. The van der Waals surface area contributed by atoms with Crippen molar-refractivity contribution in [1.29, 1.82) is 0 Å². The van der Waals surface area contributed by atoms with Crippen LogP contribution in [0.3, 0.4) is 0 Å². The molecule has 4 aromatic rings. The van der Waals surface area contributed by atoms with E-state index in [4.69, 9.17) is 0 Å². The van der Waals surface area contributed by atoms with Crippen molar-refractivity contribution in [2.24, 2.45) is 0 Å². The average molecular weight is 427 g/mol. The van der Waals surface area contributed by atoms with Gasteiger partial charge in [0.15, 0.2) is 5.82 Å². The van der Waals surface area contributed by atoms with Gasteiger partial charge in [-0.2, -0.15) is 8.75 Å². The lowest BCUT2D eigenvalue weighted by molar-refractivity contribution is 0.602. The van der Waals surface area contributed by atoms with E-state index in [0.717, 1.165) is 54.7 Å². The fourth-order valence-electron chi connectivity index (χ4n) is 3.63. The van der Waals surface area contributed by atoms with Gasteiger partial charge in [-0.1, -0.05) is 24.6 Å². The smallest absolute Gasteiger partial charge is 0.264 e. The number of aryl methyl sites for hydroxylation is 1. The number of anilines is 1. The van der Waals surface area contributed by atoms with Crippen molar-refractivity contribution in [1.82, 2.24) is 23.5 Å². The van der Waals surface area contributed by atoms with Crippen LogP contribution in [0.5, 0.6) is 0 Å². The van der Waals surface area contributed by atoms with Crippen LogP contribution in [0.2, 0.25) is 0 Å². The summed E-state index contributed by atoms with van der Waals surface area (Å²) in [6, 6.07) is 12.2. The van der Waals surface area contributed by atoms with Crippen LogP contribution in [0, 0.1) is 0 Å². The van der Waals surface area contributed by atoms with Gasteiger partial charge in [-0.25, -0.2) is 8.42 Å². The molecule has 3 heterocycles. The molecule has 0 saturated carbocycles. The lowest BCUT2D eigenvalue weighted by Gasteiger charge is -2.11. The zero-order chi connectivity index (χ0) is 19.8. The van der Waals surface area contributed by atoms with Crippen LogP contribution in [-0.4, -0.2) is 31.9 Å². The Bertz CT molecular complexity index is 1300. The molecule has 5 rings (SSSR count). The van der Waals surface area contributed by atoms with E-state index in [0.29, 0.717) is 16.7 Å². The summed E-state index contributed by atoms with van der Waals surface area (Å²) in [7, 11) is -3.81. The van der Waals surface area contributed by atoms with E-state index in [1.54, 1.807) is 24.3 Å². The highest BCUT2D eigenvalue weighted by Crippen LogP contribution is 2.27. The van der Waals surface area contributed by atoms with E-state index >= 15 is 0 Å². The third-order valence-electron chi connectivity index (χ3n) is 5.02.